The largest absolute Gasteiger partial charge is 0.313 e. The lowest BCUT2D eigenvalue weighted by Crippen LogP contribution is -2.11. The summed E-state index contributed by atoms with van der Waals surface area (Å²) in [7, 11) is 0. The van der Waals surface area contributed by atoms with Crippen LogP contribution in [0.15, 0.2) is 60.7 Å². The number of hydrogen-bond acceptors (Lipinski definition) is 1. The van der Waals surface area contributed by atoms with Crippen LogP contribution in [0.25, 0.3) is 21.9 Å². The van der Waals surface area contributed by atoms with E-state index in [4.69, 9.17) is 0 Å². The van der Waals surface area contributed by atoms with Crippen LogP contribution in [0.4, 0.5) is 0 Å². The molecule has 0 unspecified atom stereocenters. The Morgan fingerprint density at radius 3 is 2.48 bits per heavy atom. The molecule has 0 bridgehead atoms. The van der Waals surface area contributed by atoms with Gasteiger partial charge in [0.25, 0.3) is 0 Å². The second-order valence-corrected chi connectivity index (χ2v) is 5.49. The molecule has 0 amide bonds. The van der Waals surface area contributed by atoms with Gasteiger partial charge in [0.15, 0.2) is 0 Å². The van der Waals surface area contributed by atoms with E-state index in [0.29, 0.717) is 0 Å². The highest BCUT2D eigenvalue weighted by atomic mass is 14.8. The zero-order chi connectivity index (χ0) is 14.7. The van der Waals surface area contributed by atoms with Crippen molar-refractivity contribution in [2.45, 2.75) is 20.4 Å². The average molecular weight is 275 g/mol. The van der Waals surface area contributed by atoms with E-state index in [-0.39, 0.29) is 0 Å². The summed E-state index contributed by atoms with van der Waals surface area (Å²) in [5.41, 5.74) is 5.29. The molecule has 0 aliphatic heterocycles. The quantitative estimate of drug-likeness (QED) is 0.712. The van der Waals surface area contributed by atoms with Crippen LogP contribution in [0.1, 0.15) is 18.1 Å². The molecule has 0 saturated heterocycles. The molecule has 3 aromatic carbocycles. The zero-order valence-corrected chi connectivity index (χ0v) is 12.7. The smallest absolute Gasteiger partial charge is 0.0205 e. The highest BCUT2D eigenvalue weighted by Crippen LogP contribution is 2.28. The van der Waals surface area contributed by atoms with E-state index in [0.717, 1.165) is 13.1 Å². The van der Waals surface area contributed by atoms with Crippen molar-refractivity contribution in [2.75, 3.05) is 6.54 Å². The molecule has 0 radical (unpaired) electrons. The first-order valence-corrected chi connectivity index (χ1v) is 7.57. The third-order valence-electron chi connectivity index (χ3n) is 3.94. The molecule has 0 saturated carbocycles. The van der Waals surface area contributed by atoms with Crippen LogP contribution in [0.5, 0.6) is 0 Å². The monoisotopic (exact) mass is 275 g/mol. The van der Waals surface area contributed by atoms with Crippen molar-refractivity contribution < 1.29 is 0 Å². The molecule has 1 heteroatoms. The minimum absolute atomic E-state index is 0.928. The third-order valence-corrected chi connectivity index (χ3v) is 3.94. The maximum Gasteiger partial charge on any atom is 0.0205 e. The Bertz CT molecular complexity index is 759. The first-order chi connectivity index (χ1) is 10.3. The molecule has 0 aliphatic rings. The van der Waals surface area contributed by atoms with Gasteiger partial charge in [-0.3, -0.25) is 0 Å². The molecule has 0 heterocycles. The van der Waals surface area contributed by atoms with Gasteiger partial charge in [0.1, 0.15) is 0 Å². The van der Waals surface area contributed by atoms with E-state index in [1.807, 2.05) is 0 Å². The molecule has 106 valence electrons. The van der Waals surface area contributed by atoms with Gasteiger partial charge in [0.05, 0.1) is 0 Å². The van der Waals surface area contributed by atoms with Crippen molar-refractivity contribution in [1.29, 1.82) is 0 Å². The summed E-state index contributed by atoms with van der Waals surface area (Å²) in [5.74, 6) is 0. The lowest BCUT2D eigenvalue weighted by Gasteiger charge is -2.11. The maximum absolute atomic E-state index is 3.39. The van der Waals surface area contributed by atoms with Gasteiger partial charge in [-0.1, -0.05) is 55.5 Å². The Balaban J connectivity index is 2.04. The van der Waals surface area contributed by atoms with Crippen molar-refractivity contribution in [3.05, 3.63) is 71.8 Å². The van der Waals surface area contributed by atoms with Crippen molar-refractivity contribution in [3.8, 4) is 11.1 Å². The summed E-state index contributed by atoms with van der Waals surface area (Å²) in [6, 6.07) is 22.0. The Kier molecular flexibility index (Phi) is 4.03. The number of rotatable bonds is 4. The van der Waals surface area contributed by atoms with Crippen LogP contribution >= 0.6 is 0 Å². The van der Waals surface area contributed by atoms with Gasteiger partial charge < -0.3 is 5.32 Å². The van der Waals surface area contributed by atoms with Crippen LogP contribution in [0.2, 0.25) is 0 Å². The van der Waals surface area contributed by atoms with Crippen LogP contribution in [0, 0.1) is 6.92 Å². The van der Waals surface area contributed by atoms with Crippen molar-refractivity contribution in [2.24, 2.45) is 0 Å². The first-order valence-electron chi connectivity index (χ1n) is 7.57. The van der Waals surface area contributed by atoms with Crippen molar-refractivity contribution in [1.82, 2.24) is 5.32 Å². The van der Waals surface area contributed by atoms with Gasteiger partial charge in [0, 0.05) is 6.54 Å². The van der Waals surface area contributed by atoms with E-state index in [2.05, 4.69) is 79.8 Å². The first kappa shape index (κ1) is 13.8. The lowest BCUT2D eigenvalue weighted by atomic mass is 9.96. The molecule has 0 fully saturated rings. The summed E-state index contributed by atoms with van der Waals surface area (Å²) in [6.07, 6.45) is 0. The van der Waals surface area contributed by atoms with Crippen LogP contribution < -0.4 is 5.32 Å². The number of fused-ring (bicyclic) bond motifs is 1. The average Bonchev–Trinajstić information content (AvgIpc) is 2.53. The molecule has 0 aromatic heterocycles. The molecule has 1 nitrogen and oxygen atoms in total. The fraction of sp³-hybridized carbons (Fsp3) is 0.200. The SMILES string of the molecule is CCNCc1ccc(C)c(-c2ccc3ccccc3c2)c1. The van der Waals surface area contributed by atoms with E-state index in [1.165, 1.54) is 33.0 Å². The summed E-state index contributed by atoms with van der Waals surface area (Å²) >= 11 is 0. The Morgan fingerprint density at radius 1 is 0.857 bits per heavy atom. The fourth-order valence-corrected chi connectivity index (χ4v) is 2.72. The number of benzene rings is 3. The third kappa shape index (κ3) is 2.98. The molecule has 0 aliphatic carbocycles. The Hall–Kier alpha value is -2.12. The predicted octanol–water partition coefficient (Wildman–Crippen LogP) is 4.92. The van der Waals surface area contributed by atoms with Gasteiger partial charge in [-0.25, -0.2) is 0 Å². The number of nitrogens with one attached hydrogen (secondary N) is 1. The van der Waals surface area contributed by atoms with Crippen LogP contribution in [-0.4, -0.2) is 6.54 Å². The van der Waals surface area contributed by atoms with Gasteiger partial charge in [-0.15, -0.1) is 0 Å². The predicted molar refractivity (Wildman–Crippen MR) is 91.5 cm³/mol. The summed E-state index contributed by atoms with van der Waals surface area (Å²) in [4.78, 5) is 0. The van der Waals surface area contributed by atoms with Crippen molar-refractivity contribution >= 4 is 10.8 Å². The lowest BCUT2D eigenvalue weighted by molar-refractivity contribution is 0.727. The van der Waals surface area contributed by atoms with E-state index >= 15 is 0 Å². The Labute approximate surface area is 126 Å². The zero-order valence-electron chi connectivity index (χ0n) is 12.7. The summed E-state index contributed by atoms with van der Waals surface area (Å²) < 4.78 is 0. The van der Waals surface area contributed by atoms with Crippen LogP contribution in [-0.2, 0) is 6.54 Å². The van der Waals surface area contributed by atoms with Gasteiger partial charge >= 0.3 is 0 Å². The second-order valence-electron chi connectivity index (χ2n) is 5.49. The molecule has 3 aromatic rings. The highest BCUT2D eigenvalue weighted by molar-refractivity contribution is 5.87. The molecule has 3 rings (SSSR count). The van der Waals surface area contributed by atoms with E-state index in [9.17, 15) is 0 Å². The Morgan fingerprint density at radius 2 is 1.67 bits per heavy atom. The van der Waals surface area contributed by atoms with E-state index in [1.54, 1.807) is 0 Å². The molecular weight excluding hydrogens is 254 g/mol. The molecule has 1 N–H and O–H groups in total. The standard InChI is InChI=1S/C20H21N/c1-3-21-14-16-9-8-15(2)20(12-16)19-11-10-17-6-4-5-7-18(17)13-19/h4-13,21H,3,14H2,1-2H3. The minimum Gasteiger partial charge on any atom is -0.313 e. The summed E-state index contributed by atoms with van der Waals surface area (Å²) in [5, 5.41) is 5.98. The van der Waals surface area contributed by atoms with E-state index < -0.39 is 0 Å². The fourth-order valence-electron chi connectivity index (χ4n) is 2.72. The topological polar surface area (TPSA) is 12.0 Å². The van der Waals surface area contributed by atoms with Gasteiger partial charge in [-0.05, 0) is 58.6 Å². The van der Waals surface area contributed by atoms with Gasteiger partial charge in [0.2, 0.25) is 0 Å². The number of aryl methyl sites for hydroxylation is 1. The minimum atomic E-state index is 0.928. The highest BCUT2D eigenvalue weighted by Gasteiger charge is 2.04. The second kappa shape index (κ2) is 6.11. The van der Waals surface area contributed by atoms with Gasteiger partial charge in [-0.2, -0.15) is 0 Å². The molecule has 21 heavy (non-hydrogen) atoms. The molecule has 0 spiro atoms. The van der Waals surface area contributed by atoms with Crippen molar-refractivity contribution in [3.63, 3.8) is 0 Å². The maximum atomic E-state index is 3.39. The molecular formula is C20H21N. The normalized spacial score (nSPS) is 11.0. The number of hydrogen-bond donors (Lipinski definition) is 1. The molecule has 0 atom stereocenters. The summed E-state index contributed by atoms with van der Waals surface area (Å²) in [6.45, 7) is 6.25. The van der Waals surface area contributed by atoms with Crippen LogP contribution in [0.3, 0.4) is 0 Å².